The summed E-state index contributed by atoms with van der Waals surface area (Å²) >= 11 is 3.45. The van der Waals surface area contributed by atoms with Gasteiger partial charge in [-0.3, -0.25) is 0 Å². The summed E-state index contributed by atoms with van der Waals surface area (Å²) < 4.78 is 0.969. The van der Waals surface area contributed by atoms with Gasteiger partial charge in [0, 0.05) is 10.5 Å². The highest BCUT2D eigenvalue weighted by Gasteiger charge is 2.11. The van der Waals surface area contributed by atoms with Gasteiger partial charge in [-0.25, -0.2) is 0 Å². The summed E-state index contributed by atoms with van der Waals surface area (Å²) in [5.41, 5.74) is 7.05. The van der Waals surface area contributed by atoms with Crippen LogP contribution in [0.3, 0.4) is 0 Å². The molecule has 3 N–H and O–H groups in total. The Kier molecular flexibility index (Phi) is 4.61. The lowest BCUT2D eigenvalue weighted by Crippen LogP contribution is -2.11. The van der Waals surface area contributed by atoms with Crippen LogP contribution in [0.15, 0.2) is 22.7 Å². The smallest absolute Gasteiger partial charge is 0.115 e. The highest BCUT2D eigenvalue weighted by atomic mass is 79.9. The first-order valence-corrected chi connectivity index (χ1v) is 6.04. The van der Waals surface area contributed by atoms with Crippen LogP contribution < -0.4 is 5.73 Å². The van der Waals surface area contributed by atoms with E-state index in [1.165, 1.54) is 0 Å². The molecule has 1 atom stereocenters. The molecule has 1 aromatic rings. The molecule has 0 spiro atoms. The van der Waals surface area contributed by atoms with Crippen molar-refractivity contribution in [2.45, 2.75) is 32.7 Å². The third kappa shape index (κ3) is 3.84. The third-order valence-corrected chi connectivity index (χ3v) is 3.16. The van der Waals surface area contributed by atoms with Gasteiger partial charge in [0.2, 0.25) is 0 Å². The van der Waals surface area contributed by atoms with E-state index in [1.807, 2.05) is 6.07 Å². The Balaban J connectivity index is 2.72. The summed E-state index contributed by atoms with van der Waals surface area (Å²) in [5, 5.41) is 9.39. The molecule has 0 heterocycles. The Hall–Kier alpha value is -0.540. The van der Waals surface area contributed by atoms with Crippen LogP contribution in [0.4, 0.5) is 0 Å². The molecule has 0 bridgehead atoms. The number of hydrogen-bond acceptors (Lipinski definition) is 2. The molecule has 84 valence electrons. The van der Waals surface area contributed by atoms with Crippen LogP contribution in [0.25, 0.3) is 0 Å². The van der Waals surface area contributed by atoms with Gasteiger partial charge in [-0.2, -0.15) is 0 Å². The van der Waals surface area contributed by atoms with Crippen LogP contribution in [0.5, 0.6) is 5.75 Å². The number of halogens is 1. The van der Waals surface area contributed by atoms with Crippen molar-refractivity contribution in [1.29, 1.82) is 0 Å². The first-order chi connectivity index (χ1) is 7.00. The zero-order valence-electron chi connectivity index (χ0n) is 9.20. The zero-order valence-corrected chi connectivity index (χ0v) is 10.8. The predicted molar refractivity (Wildman–Crippen MR) is 66.8 cm³/mol. The maximum atomic E-state index is 9.39. The predicted octanol–water partition coefficient (Wildman–Crippen LogP) is 3.59. The van der Waals surface area contributed by atoms with Crippen molar-refractivity contribution in [2.24, 2.45) is 11.7 Å². The van der Waals surface area contributed by atoms with E-state index in [1.54, 1.807) is 12.1 Å². The fraction of sp³-hybridized carbons (Fsp3) is 0.500. The standard InChI is InChI=1S/C12H18BrNO/c1-8(2)3-6-12(14)10-7-9(15)4-5-11(10)13/h4-5,7-8,12,15H,3,6,14H2,1-2H3/t12-/m1/s1. The topological polar surface area (TPSA) is 46.2 Å². The second-order valence-corrected chi connectivity index (χ2v) is 5.14. The van der Waals surface area contributed by atoms with Gasteiger partial charge in [0.05, 0.1) is 0 Å². The van der Waals surface area contributed by atoms with Crippen molar-refractivity contribution in [2.75, 3.05) is 0 Å². The molecule has 2 nitrogen and oxygen atoms in total. The lowest BCUT2D eigenvalue weighted by Gasteiger charge is -2.15. The van der Waals surface area contributed by atoms with E-state index < -0.39 is 0 Å². The summed E-state index contributed by atoms with van der Waals surface area (Å²) in [6.45, 7) is 4.37. The van der Waals surface area contributed by atoms with Crippen LogP contribution >= 0.6 is 15.9 Å². The van der Waals surface area contributed by atoms with Gasteiger partial charge in [-0.15, -0.1) is 0 Å². The van der Waals surface area contributed by atoms with Crippen LogP contribution in [-0.2, 0) is 0 Å². The molecule has 0 unspecified atom stereocenters. The van der Waals surface area contributed by atoms with Gasteiger partial charge in [-0.1, -0.05) is 29.8 Å². The lowest BCUT2D eigenvalue weighted by atomic mass is 9.98. The molecule has 1 rings (SSSR count). The molecule has 0 aliphatic heterocycles. The normalized spacial score (nSPS) is 13.1. The molecule has 3 heteroatoms. The van der Waals surface area contributed by atoms with E-state index in [9.17, 15) is 5.11 Å². The van der Waals surface area contributed by atoms with E-state index in [0.29, 0.717) is 5.92 Å². The minimum atomic E-state index is -0.00567. The molecule has 0 aromatic heterocycles. The Morgan fingerprint density at radius 2 is 2.00 bits per heavy atom. The average Bonchev–Trinajstić information content (AvgIpc) is 2.18. The summed E-state index contributed by atoms with van der Waals surface area (Å²) in [7, 11) is 0. The van der Waals surface area contributed by atoms with Crippen molar-refractivity contribution in [1.82, 2.24) is 0 Å². The van der Waals surface area contributed by atoms with E-state index in [2.05, 4.69) is 29.8 Å². The van der Waals surface area contributed by atoms with Gasteiger partial charge >= 0.3 is 0 Å². The van der Waals surface area contributed by atoms with Crippen molar-refractivity contribution < 1.29 is 5.11 Å². The number of nitrogens with two attached hydrogens (primary N) is 1. The Morgan fingerprint density at radius 3 is 2.60 bits per heavy atom. The maximum absolute atomic E-state index is 9.39. The summed E-state index contributed by atoms with van der Waals surface area (Å²) in [4.78, 5) is 0. The number of benzene rings is 1. The SMILES string of the molecule is CC(C)CC[C@@H](N)c1cc(O)ccc1Br. The fourth-order valence-corrected chi connectivity index (χ4v) is 2.02. The number of phenolic OH excluding ortho intramolecular Hbond substituents is 1. The number of rotatable bonds is 4. The molecule has 0 aliphatic carbocycles. The Labute approximate surface area is 99.6 Å². The van der Waals surface area contributed by atoms with Gasteiger partial charge in [0.25, 0.3) is 0 Å². The first kappa shape index (κ1) is 12.5. The van der Waals surface area contributed by atoms with Crippen LogP contribution in [0, 0.1) is 5.92 Å². The summed E-state index contributed by atoms with van der Waals surface area (Å²) in [6, 6.07) is 5.21. The molecule has 0 amide bonds. The van der Waals surface area contributed by atoms with Gasteiger partial charge in [-0.05, 0) is 42.5 Å². The van der Waals surface area contributed by atoms with Crippen molar-refractivity contribution in [3.63, 3.8) is 0 Å². The first-order valence-electron chi connectivity index (χ1n) is 5.24. The number of aromatic hydroxyl groups is 1. The van der Waals surface area contributed by atoms with Crippen LogP contribution in [0.2, 0.25) is 0 Å². The van der Waals surface area contributed by atoms with Crippen molar-refractivity contribution in [3.05, 3.63) is 28.2 Å². The molecule has 0 saturated carbocycles. The zero-order chi connectivity index (χ0) is 11.4. The van der Waals surface area contributed by atoms with Crippen molar-refractivity contribution >= 4 is 15.9 Å². The molecule has 0 saturated heterocycles. The Bertz CT molecular complexity index is 325. The number of hydrogen-bond donors (Lipinski definition) is 2. The minimum absolute atomic E-state index is 0.00567. The largest absolute Gasteiger partial charge is 0.508 e. The molecule has 0 radical (unpaired) electrons. The Morgan fingerprint density at radius 1 is 1.33 bits per heavy atom. The molecular weight excluding hydrogens is 254 g/mol. The minimum Gasteiger partial charge on any atom is -0.508 e. The highest BCUT2D eigenvalue weighted by Crippen LogP contribution is 2.28. The van der Waals surface area contributed by atoms with Crippen LogP contribution in [0.1, 0.15) is 38.3 Å². The average molecular weight is 272 g/mol. The maximum Gasteiger partial charge on any atom is 0.115 e. The molecule has 15 heavy (non-hydrogen) atoms. The van der Waals surface area contributed by atoms with Crippen molar-refractivity contribution in [3.8, 4) is 5.75 Å². The molecule has 0 aliphatic rings. The monoisotopic (exact) mass is 271 g/mol. The summed E-state index contributed by atoms with van der Waals surface area (Å²) in [6.07, 6.45) is 2.04. The van der Waals surface area contributed by atoms with E-state index in [0.717, 1.165) is 22.9 Å². The van der Waals surface area contributed by atoms with E-state index in [-0.39, 0.29) is 11.8 Å². The number of phenols is 1. The fourth-order valence-electron chi connectivity index (χ4n) is 1.48. The van der Waals surface area contributed by atoms with E-state index in [4.69, 9.17) is 5.73 Å². The van der Waals surface area contributed by atoms with Crippen LogP contribution in [-0.4, -0.2) is 5.11 Å². The third-order valence-electron chi connectivity index (χ3n) is 2.43. The van der Waals surface area contributed by atoms with Gasteiger partial charge in [0.15, 0.2) is 0 Å². The summed E-state index contributed by atoms with van der Waals surface area (Å²) in [5.74, 6) is 0.931. The second kappa shape index (κ2) is 5.52. The quantitative estimate of drug-likeness (QED) is 0.879. The molecule has 0 fully saturated rings. The highest BCUT2D eigenvalue weighted by molar-refractivity contribution is 9.10. The lowest BCUT2D eigenvalue weighted by molar-refractivity contribution is 0.470. The second-order valence-electron chi connectivity index (χ2n) is 4.28. The molecule has 1 aromatic carbocycles. The van der Waals surface area contributed by atoms with E-state index >= 15 is 0 Å². The molecular formula is C12H18BrNO. The van der Waals surface area contributed by atoms with Gasteiger partial charge < -0.3 is 10.8 Å². The van der Waals surface area contributed by atoms with Gasteiger partial charge in [0.1, 0.15) is 5.75 Å².